The van der Waals surface area contributed by atoms with Gasteiger partial charge in [-0.15, -0.1) is 0 Å². The number of hydrogen-bond acceptors (Lipinski definition) is 4. The van der Waals surface area contributed by atoms with Gasteiger partial charge >= 0.3 is 0 Å². The fraction of sp³-hybridized carbons (Fsp3) is 0.462. The maximum absolute atomic E-state index is 6.05. The van der Waals surface area contributed by atoms with Crippen LogP contribution >= 0.6 is 22.6 Å². The van der Waals surface area contributed by atoms with Crippen molar-refractivity contribution in [2.75, 3.05) is 5.73 Å². The molecule has 3 rings (SSSR count). The highest BCUT2D eigenvalue weighted by atomic mass is 127. The topological polar surface area (TPSA) is 69.6 Å². The SMILES string of the molecule is Cc1nn(C)c(C)c1-c1nc(N)c(I)c(C2CC2)n1. The molecule has 0 aliphatic heterocycles. The van der Waals surface area contributed by atoms with E-state index in [1.807, 2.05) is 25.6 Å². The van der Waals surface area contributed by atoms with Crippen LogP contribution in [0.1, 0.15) is 35.8 Å². The third-order valence-electron chi connectivity index (χ3n) is 3.60. The highest BCUT2D eigenvalue weighted by Gasteiger charge is 2.29. The van der Waals surface area contributed by atoms with Crippen LogP contribution in [0.3, 0.4) is 0 Å². The van der Waals surface area contributed by atoms with Crippen molar-refractivity contribution >= 4 is 28.4 Å². The van der Waals surface area contributed by atoms with Crippen LogP contribution in [0, 0.1) is 17.4 Å². The molecule has 5 nitrogen and oxygen atoms in total. The van der Waals surface area contributed by atoms with E-state index in [9.17, 15) is 0 Å². The molecule has 2 heterocycles. The van der Waals surface area contributed by atoms with Gasteiger partial charge in [0.05, 0.1) is 20.5 Å². The van der Waals surface area contributed by atoms with Crippen molar-refractivity contribution in [3.8, 4) is 11.4 Å². The lowest BCUT2D eigenvalue weighted by molar-refractivity contribution is 0.731. The second-order valence-corrected chi connectivity index (χ2v) is 6.15. The summed E-state index contributed by atoms with van der Waals surface area (Å²) in [5.74, 6) is 1.85. The maximum atomic E-state index is 6.05. The van der Waals surface area contributed by atoms with E-state index in [4.69, 9.17) is 10.7 Å². The number of rotatable bonds is 2. The Labute approximate surface area is 125 Å². The lowest BCUT2D eigenvalue weighted by atomic mass is 10.1. The third-order valence-corrected chi connectivity index (χ3v) is 4.70. The molecule has 0 saturated heterocycles. The van der Waals surface area contributed by atoms with Crippen molar-refractivity contribution in [3.05, 3.63) is 20.7 Å². The third kappa shape index (κ3) is 2.11. The van der Waals surface area contributed by atoms with Crippen molar-refractivity contribution < 1.29 is 0 Å². The summed E-state index contributed by atoms with van der Waals surface area (Å²) in [4.78, 5) is 9.20. The standard InChI is InChI=1S/C13H16IN5/c1-6-9(7(2)19(3)18-6)13-16-11(8-4-5-8)10(14)12(15)17-13/h8H,4-5H2,1-3H3,(H2,15,16,17). The maximum Gasteiger partial charge on any atom is 0.165 e. The first kappa shape index (κ1) is 12.8. The minimum Gasteiger partial charge on any atom is -0.383 e. The Morgan fingerprint density at radius 2 is 1.95 bits per heavy atom. The summed E-state index contributed by atoms with van der Waals surface area (Å²) in [7, 11) is 1.93. The van der Waals surface area contributed by atoms with Crippen molar-refractivity contribution in [3.63, 3.8) is 0 Å². The number of aromatic nitrogens is 4. The van der Waals surface area contributed by atoms with E-state index in [0.29, 0.717) is 17.6 Å². The van der Waals surface area contributed by atoms with Gasteiger partial charge in [-0.3, -0.25) is 4.68 Å². The van der Waals surface area contributed by atoms with Crippen molar-refractivity contribution in [1.82, 2.24) is 19.7 Å². The molecule has 1 fully saturated rings. The average Bonchev–Trinajstić information content (AvgIpc) is 3.13. The van der Waals surface area contributed by atoms with Gasteiger partial charge in [-0.05, 0) is 49.3 Å². The minimum absolute atomic E-state index is 0.563. The van der Waals surface area contributed by atoms with Crippen molar-refractivity contribution in [2.45, 2.75) is 32.6 Å². The van der Waals surface area contributed by atoms with Crippen LogP contribution < -0.4 is 5.73 Å². The summed E-state index contributed by atoms with van der Waals surface area (Å²) in [5.41, 5.74) is 10.2. The number of nitrogen functional groups attached to an aromatic ring is 1. The van der Waals surface area contributed by atoms with Crippen LogP contribution in [0.5, 0.6) is 0 Å². The molecule has 0 unspecified atom stereocenters. The molecule has 0 amide bonds. The van der Waals surface area contributed by atoms with E-state index in [1.54, 1.807) is 0 Å². The molecule has 0 bridgehead atoms. The molecule has 0 aromatic carbocycles. The van der Waals surface area contributed by atoms with Gasteiger partial charge in [-0.2, -0.15) is 5.10 Å². The summed E-state index contributed by atoms with van der Waals surface area (Å²) >= 11 is 2.25. The molecule has 1 saturated carbocycles. The number of aryl methyl sites for hydroxylation is 2. The van der Waals surface area contributed by atoms with Crippen LogP contribution in [0.2, 0.25) is 0 Å². The molecular weight excluding hydrogens is 353 g/mol. The Morgan fingerprint density at radius 1 is 1.26 bits per heavy atom. The van der Waals surface area contributed by atoms with Gasteiger partial charge in [0.15, 0.2) is 5.82 Å². The molecular formula is C13H16IN5. The molecule has 0 radical (unpaired) electrons. The Morgan fingerprint density at radius 3 is 2.47 bits per heavy atom. The number of hydrogen-bond donors (Lipinski definition) is 1. The summed E-state index contributed by atoms with van der Waals surface area (Å²) < 4.78 is 2.86. The molecule has 100 valence electrons. The quantitative estimate of drug-likeness (QED) is 0.827. The fourth-order valence-electron chi connectivity index (χ4n) is 2.32. The van der Waals surface area contributed by atoms with E-state index in [-0.39, 0.29) is 0 Å². The van der Waals surface area contributed by atoms with Gasteiger partial charge in [0, 0.05) is 18.7 Å². The van der Waals surface area contributed by atoms with Gasteiger partial charge in [-0.1, -0.05) is 0 Å². The predicted molar refractivity (Wildman–Crippen MR) is 82.8 cm³/mol. The van der Waals surface area contributed by atoms with Crippen LogP contribution in [-0.4, -0.2) is 19.7 Å². The summed E-state index contributed by atoms with van der Waals surface area (Å²) in [6, 6.07) is 0. The van der Waals surface area contributed by atoms with Crippen molar-refractivity contribution in [2.24, 2.45) is 7.05 Å². The smallest absolute Gasteiger partial charge is 0.165 e. The summed E-state index contributed by atoms with van der Waals surface area (Å²) in [6.45, 7) is 4.01. The lowest BCUT2D eigenvalue weighted by Gasteiger charge is -2.08. The van der Waals surface area contributed by atoms with Gasteiger partial charge in [-0.25, -0.2) is 9.97 Å². The van der Waals surface area contributed by atoms with Gasteiger partial charge in [0.1, 0.15) is 5.82 Å². The zero-order valence-electron chi connectivity index (χ0n) is 11.2. The molecule has 0 atom stereocenters. The molecule has 2 aromatic rings. The largest absolute Gasteiger partial charge is 0.383 e. The molecule has 1 aliphatic carbocycles. The monoisotopic (exact) mass is 369 g/mol. The van der Waals surface area contributed by atoms with E-state index >= 15 is 0 Å². The molecule has 6 heteroatoms. The second kappa shape index (κ2) is 4.43. The predicted octanol–water partition coefficient (Wildman–Crippen LogP) is 2.56. The molecule has 0 spiro atoms. The Bertz CT molecular complexity index is 658. The van der Waals surface area contributed by atoms with Gasteiger partial charge in [0.2, 0.25) is 0 Å². The zero-order valence-corrected chi connectivity index (χ0v) is 13.4. The minimum atomic E-state index is 0.563. The van der Waals surface area contributed by atoms with Gasteiger partial charge < -0.3 is 5.73 Å². The van der Waals surface area contributed by atoms with Crippen LogP contribution in [-0.2, 0) is 7.05 Å². The molecule has 19 heavy (non-hydrogen) atoms. The number of anilines is 1. The van der Waals surface area contributed by atoms with Crippen LogP contribution in [0.4, 0.5) is 5.82 Å². The van der Waals surface area contributed by atoms with E-state index in [1.165, 1.54) is 12.8 Å². The lowest BCUT2D eigenvalue weighted by Crippen LogP contribution is -2.05. The zero-order chi connectivity index (χ0) is 13.7. The first-order chi connectivity index (χ1) is 8.99. The number of nitrogens with zero attached hydrogens (tertiary/aromatic N) is 4. The first-order valence-electron chi connectivity index (χ1n) is 6.32. The molecule has 2 aromatic heterocycles. The highest BCUT2D eigenvalue weighted by Crippen LogP contribution is 2.42. The Balaban J connectivity index is 2.20. The van der Waals surface area contributed by atoms with Crippen molar-refractivity contribution in [1.29, 1.82) is 0 Å². The average molecular weight is 369 g/mol. The normalized spacial score (nSPS) is 14.9. The van der Waals surface area contributed by atoms with Gasteiger partial charge in [0.25, 0.3) is 0 Å². The second-order valence-electron chi connectivity index (χ2n) is 5.08. The molecule has 2 N–H and O–H groups in total. The Kier molecular flexibility index (Phi) is 2.99. The van der Waals surface area contributed by atoms with Crippen LogP contribution in [0.25, 0.3) is 11.4 Å². The first-order valence-corrected chi connectivity index (χ1v) is 7.40. The number of nitrogens with two attached hydrogens (primary N) is 1. The summed E-state index contributed by atoms with van der Waals surface area (Å²) in [5, 5.41) is 4.42. The van der Waals surface area contributed by atoms with Crippen LogP contribution in [0.15, 0.2) is 0 Å². The number of halogens is 1. The summed E-state index contributed by atoms with van der Waals surface area (Å²) in [6.07, 6.45) is 2.41. The fourth-order valence-corrected chi connectivity index (χ4v) is 3.00. The molecule has 1 aliphatic rings. The van der Waals surface area contributed by atoms with E-state index in [0.717, 1.165) is 26.2 Å². The van der Waals surface area contributed by atoms with E-state index in [2.05, 4.69) is 32.7 Å². The highest BCUT2D eigenvalue weighted by molar-refractivity contribution is 14.1. The Hall–Kier alpha value is -1.18. The van der Waals surface area contributed by atoms with E-state index < -0.39 is 0 Å².